The molecule has 0 atom stereocenters. The van der Waals surface area contributed by atoms with Crippen molar-refractivity contribution in [1.29, 1.82) is 0 Å². The van der Waals surface area contributed by atoms with Crippen molar-refractivity contribution in [2.24, 2.45) is 0 Å². The van der Waals surface area contributed by atoms with Crippen molar-refractivity contribution < 1.29 is 8.42 Å². The Balaban J connectivity index is 0.000000431. The average molecular weight is 463 g/mol. The number of aryl methyl sites for hydroxylation is 2. The summed E-state index contributed by atoms with van der Waals surface area (Å²) in [5.41, 5.74) is 2.50. The van der Waals surface area contributed by atoms with Crippen LogP contribution in [0.3, 0.4) is 0 Å². The number of nitrogens with one attached hydrogen (secondary N) is 1. The molecule has 0 spiro atoms. The molecule has 2 aromatic heterocycles. The molecule has 1 N–H and O–H groups in total. The smallest absolute Gasteiger partial charge is 0.214 e. The molecule has 0 amide bonds. The van der Waals surface area contributed by atoms with Crippen LogP contribution in [0.2, 0.25) is 5.02 Å². The number of hydrogen-bond donors (Lipinski definition) is 1. The van der Waals surface area contributed by atoms with Crippen molar-refractivity contribution in [2.75, 3.05) is 12.4 Å². The molecule has 31 heavy (non-hydrogen) atoms. The summed E-state index contributed by atoms with van der Waals surface area (Å²) in [7, 11) is -2.15. The summed E-state index contributed by atoms with van der Waals surface area (Å²) in [4.78, 5) is 4.60. The number of unbranched alkanes of at least 4 members (excludes halogenated alkanes) is 1. The van der Waals surface area contributed by atoms with Gasteiger partial charge in [-0.25, -0.2) is 17.9 Å². The number of allylic oxidation sites excluding steroid dienone is 1. The highest BCUT2D eigenvalue weighted by Crippen LogP contribution is 2.33. The maximum Gasteiger partial charge on any atom is 0.214 e. The van der Waals surface area contributed by atoms with Crippen LogP contribution in [-0.4, -0.2) is 30.1 Å². The first-order chi connectivity index (χ1) is 14.8. The Morgan fingerprint density at radius 1 is 1.26 bits per heavy atom. The lowest BCUT2D eigenvalue weighted by molar-refractivity contribution is 0.597. The normalized spacial score (nSPS) is 12.3. The molecule has 0 saturated heterocycles. The number of rotatable bonds is 4. The van der Waals surface area contributed by atoms with E-state index < -0.39 is 9.84 Å². The van der Waals surface area contributed by atoms with Crippen LogP contribution in [0.25, 0.3) is 5.65 Å². The number of hydrogen-bond acceptors (Lipinski definition) is 5. The highest BCUT2D eigenvalue weighted by atomic mass is 35.5. The van der Waals surface area contributed by atoms with Crippen molar-refractivity contribution in [3.63, 3.8) is 0 Å². The van der Waals surface area contributed by atoms with Gasteiger partial charge in [0.25, 0.3) is 0 Å². The Labute approximate surface area is 190 Å². The van der Waals surface area contributed by atoms with Gasteiger partial charge in [0.2, 0.25) is 9.84 Å². The average Bonchev–Trinajstić information content (AvgIpc) is 3.38. The van der Waals surface area contributed by atoms with Crippen molar-refractivity contribution >= 4 is 32.9 Å². The van der Waals surface area contributed by atoms with E-state index >= 15 is 0 Å². The first-order valence-electron chi connectivity index (χ1n) is 10.5. The van der Waals surface area contributed by atoms with Gasteiger partial charge in [0.15, 0.2) is 16.4 Å². The van der Waals surface area contributed by atoms with Crippen molar-refractivity contribution in [2.45, 2.75) is 62.7 Å². The second-order valence-electron chi connectivity index (χ2n) is 7.12. The Bertz CT molecular complexity index is 1140. The second-order valence-corrected chi connectivity index (χ2v) is 9.44. The molecule has 0 saturated carbocycles. The molecular weight excluding hydrogens is 432 g/mol. The van der Waals surface area contributed by atoms with Crippen molar-refractivity contribution in [3.05, 3.63) is 59.4 Å². The van der Waals surface area contributed by atoms with Gasteiger partial charge in [-0.1, -0.05) is 50.4 Å². The lowest BCUT2D eigenvalue weighted by atomic mass is 10.3. The Kier molecular flexibility index (Phi) is 9.07. The highest BCUT2D eigenvalue weighted by Gasteiger charge is 2.30. The van der Waals surface area contributed by atoms with Gasteiger partial charge in [-0.3, -0.25) is 0 Å². The third-order valence-electron chi connectivity index (χ3n) is 4.76. The van der Waals surface area contributed by atoms with Crippen LogP contribution in [0.5, 0.6) is 0 Å². The van der Waals surface area contributed by atoms with E-state index in [1.54, 1.807) is 36.0 Å². The van der Waals surface area contributed by atoms with Gasteiger partial charge in [0, 0.05) is 24.0 Å². The minimum atomic E-state index is -3.80. The SMILES string of the molecule is C=CC.CCCC.CNc1nn2c3c(cnc2c1S(=O)(=O)c1cccc(Cl)c1)CCC3. The predicted molar refractivity (Wildman–Crippen MR) is 128 cm³/mol. The maximum atomic E-state index is 13.1. The molecule has 0 aliphatic heterocycles. The topological polar surface area (TPSA) is 76.4 Å². The third kappa shape index (κ3) is 5.46. The Hall–Kier alpha value is -2.38. The van der Waals surface area contributed by atoms with E-state index in [1.807, 2.05) is 6.92 Å². The van der Waals surface area contributed by atoms with Gasteiger partial charge in [0.1, 0.15) is 0 Å². The first-order valence-corrected chi connectivity index (χ1v) is 12.4. The molecule has 0 bridgehead atoms. The monoisotopic (exact) mass is 462 g/mol. The van der Waals surface area contributed by atoms with Gasteiger partial charge < -0.3 is 5.32 Å². The van der Waals surface area contributed by atoms with Gasteiger partial charge in [0.05, 0.1) is 4.90 Å². The molecule has 1 aromatic carbocycles. The first kappa shape index (κ1) is 24.9. The largest absolute Gasteiger partial charge is 0.370 e. The van der Waals surface area contributed by atoms with E-state index in [2.05, 4.69) is 35.8 Å². The summed E-state index contributed by atoms with van der Waals surface area (Å²) < 4.78 is 28.0. The van der Waals surface area contributed by atoms with Crippen molar-refractivity contribution in [1.82, 2.24) is 14.6 Å². The van der Waals surface area contributed by atoms with E-state index in [9.17, 15) is 8.42 Å². The Morgan fingerprint density at radius 2 is 1.94 bits per heavy atom. The predicted octanol–water partition coefficient (Wildman–Crippen LogP) is 5.74. The Morgan fingerprint density at radius 3 is 2.52 bits per heavy atom. The van der Waals surface area contributed by atoms with E-state index in [0.29, 0.717) is 16.5 Å². The summed E-state index contributed by atoms with van der Waals surface area (Å²) >= 11 is 5.96. The minimum absolute atomic E-state index is 0.0852. The van der Waals surface area contributed by atoms with Crippen LogP contribution in [0.1, 0.15) is 51.3 Å². The zero-order chi connectivity index (χ0) is 23.0. The molecule has 0 unspecified atom stereocenters. The van der Waals surface area contributed by atoms with Gasteiger partial charge in [-0.2, -0.15) is 0 Å². The lowest BCUT2D eigenvalue weighted by Gasteiger charge is -2.06. The lowest BCUT2D eigenvalue weighted by Crippen LogP contribution is -2.06. The quantitative estimate of drug-likeness (QED) is 0.500. The molecule has 168 valence electrons. The molecule has 4 rings (SSSR count). The molecule has 2 heterocycles. The van der Waals surface area contributed by atoms with Crippen LogP contribution in [0.4, 0.5) is 5.82 Å². The van der Waals surface area contributed by atoms with Gasteiger partial charge in [-0.05, 0) is 49.9 Å². The van der Waals surface area contributed by atoms with Crippen LogP contribution < -0.4 is 5.32 Å². The third-order valence-corrected chi connectivity index (χ3v) is 6.78. The summed E-state index contributed by atoms with van der Waals surface area (Å²) in [5, 5.41) is 7.70. The molecule has 1 aliphatic rings. The number of halogens is 1. The standard InChI is InChI=1S/C16H15ClN4O2S.C4H10.C3H6/c1-18-15-14(24(22,23)12-6-3-5-11(17)8-12)16-19-9-10-4-2-7-13(10)21(16)20-15;1-3-4-2;1-3-2/h3,5-6,8-9H,2,4,7H2,1H3,(H,18,20);3-4H2,1-2H3;3H,1H2,2H3. The molecule has 0 radical (unpaired) electrons. The van der Waals surface area contributed by atoms with Crippen LogP contribution >= 0.6 is 11.6 Å². The molecule has 8 heteroatoms. The summed E-state index contributed by atoms with van der Waals surface area (Å²) in [6.45, 7) is 9.61. The zero-order valence-electron chi connectivity index (χ0n) is 18.7. The summed E-state index contributed by atoms with van der Waals surface area (Å²) in [5.74, 6) is 0.294. The molecule has 6 nitrogen and oxygen atoms in total. The molecular formula is C23H31ClN4O2S. The van der Waals surface area contributed by atoms with Crippen LogP contribution in [0, 0.1) is 0 Å². The number of nitrogens with zero attached hydrogens (tertiary/aromatic N) is 3. The fourth-order valence-electron chi connectivity index (χ4n) is 3.13. The minimum Gasteiger partial charge on any atom is -0.370 e. The summed E-state index contributed by atoms with van der Waals surface area (Å²) in [6, 6.07) is 6.22. The number of fused-ring (bicyclic) bond motifs is 3. The van der Waals surface area contributed by atoms with Crippen LogP contribution in [0.15, 0.2) is 52.9 Å². The summed E-state index contributed by atoms with van der Waals surface area (Å²) in [6.07, 6.45) is 9.00. The second kappa shape index (κ2) is 11.3. The molecule has 0 fully saturated rings. The molecule has 1 aliphatic carbocycles. The fourth-order valence-corrected chi connectivity index (χ4v) is 4.94. The highest BCUT2D eigenvalue weighted by molar-refractivity contribution is 7.91. The van der Waals surface area contributed by atoms with E-state index in [-0.39, 0.29) is 9.79 Å². The van der Waals surface area contributed by atoms with E-state index in [4.69, 9.17) is 11.6 Å². The van der Waals surface area contributed by atoms with Gasteiger partial charge in [-0.15, -0.1) is 11.7 Å². The fraction of sp³-hybridized carbons (Fsp3) is 0.391. The number of anilines is 1. The number of sulfone groups is 1. The van der Waals surface area contributed by atoms with Gasteiger partial charge >= 0.3 is 0 Å². The zero-order valence-corrected chi connectivity index (χ0v) is 20.2. The number of aromatic nitrogens is 3. The van der Waals surface area contributed by atoms with Crippen LogP contribution in [-0.2, 0) is 22.7 Å². The van der Waals surface area contributed by atoms with E-state index in [0.717, 1.165) is 30.5 Å². The van der Waals surface area contributed by atoms with Crippen molar-refractivity contribution in [3.8, 4) is 0 Å². The van der Waals surface area contributed by atoms with E-state index in [1.165, 1.54) is 25.0 Å². The molecule has 3 aromatic rings. The maximum absolute atomic E-state index is 13.1. The number of benzene rings is 1.